The minimum absolute atomic E-state index is 1.26. The van der Waals surface area contributed by atoms with Gasteiger partial charge < -0.3 is 0 Å². The maximum Gasteiger partial charge on any atom is -0.0310 e. The van der Waals surface area contributed by atoms with Crippen LogP contribution in [0.5, 0.6) is 0 Å². The first-order valence-corrected chi connectivity index (χ1v) is 2.81. The molecule has 1 radical (unpaired) electrons. The third-order valence-corrected chi connectivity index (χ3v) is 1.36. The SMILES string of the molecule is [CH2]C=C(C)C(C)=CC. The molecule has 0 aliphatic carbocycles. The van der Waals surface area contributed by atoms with Crippen LogP contribution in [0.4, 0.5) is 0 Å². The zero-order valence-corrected chi connectivity index (χ0v) is 5.86. The van der Waals surface area contributed by atoms with Gasteiger partial charge in [-0.25, -0.2) is 0 Å². The second kappa shape index (κ2) is 3.48. The standard InChI is InChI=1S/C8H13/c1-5-7(3)8(4)6-2/h5-6H,1H2,2-4H3. The molecular formula is C8H13. The van der Waals surface area contributed by atoms with Crippen LogP contribution < -0.4 is 0 Å². The number of rotatable bonds is 1. The number of hydrogen-bond acceptors (Lipinski definition) is 0. The highest BCUT2D eigenvalue weighted by atomic mass is 13.9. The van der Waals surface area contributed by atoms with Gasteiger partial charge >= 0.3 is 0 Å². The van der Waals surface area contributed by atoms with E-state index in [1.165, 1.54) is 11.1 Å². The Hall–Kier alpha value is -0.520. The Balaban J connectivity index is 4.04. The van der Waals surface area contributed by atoms with Gasteiger partial charge in [0.25, 0.3) is 0 Å². The van der Waals surface area contributed by atoms with Crippen molar-refractivity contribution < 1.29 is 0 Å². The summed E-state index contributed by atoms with van der Waals surface area (Å²) in [6.45, 7) is 9.82. The van der Waals surface area contributed by atoms with Crippen LogP contribution >= 0.6 is 0 Å². The molecule has 0 aromatic heterocycles. The monoisotopic (exact) mass is 109 g/mol. The van der Waals surface area contributed by atoms with Crippen molar-refractivity contribution in [2.24, 2.45) is 0 Å². The van der Waals surface area contributed by atoms with Crippen LogP contribution in [0.1, 0.15) is 20.8 Å². The molecule has 0 atom stereocenters. The van der Waals surface area contributed by atoms with Gasteiger partial charge in [-0.3, -0.25) is 0 Å². The van der Waals surface area contributed by atoms with Gasteiger partial charge in [0, 0.05) is 0 Å². The minimum Gasteiger partial charge on any atom is -0.0845 e. The van der Waals surface area contributed by atoms with Crippen LogP contribution in [-0.2, 0) is 0 Å². The molecule has 0 bridgehead atoms. The first-order valence-electron chi connectivity index (χ1n) is 2.81. The van der Waals surface area contributed by atoms with E-state index in [9.17, 15) is 0 Å². The molecule has 0 aromatic rings. The van der Waals surface area contributed by atoms with E-state index in [0.717, 1.165) is 0 Å². The lowest BCUT2D eigenvalue weighted by molar-refractivity contribution is 1.33. The summed E-state index contributed by atoms with van der Waals surface area (Å²) in [6, 6.07) is 0. The molecule has 0 amide bonds. The summed E-state index contributed by atoms with van der Waals surface area (Å²) in [5.41, 5.74) is 2.56. The zero-order chi connectivity index (χ0) is 6.57. The molecule has 0 saturated heterocycles. The summed E-state index contributed by atoms with van der Waals surface area (Å²) in [6.07, 6.45) is 3.95. The molecule has 0 fully saturated rings. The Kier molecular flexibility index (Phi) is 3.25. The number of allylic oxidation sites excluding steroid dienone is 4. The molecule has 0 heteroatoms. The summed E-state index contributed by atoms with van der Waals surface area (Å²) in [4.78, 5) is 0. The van der Waals surface area contributed by atoms with Crippen molar-refractivity contribution in [1.29, 1.82) is 0 Å². The smallest absolute Gasteiger partial charge is 0.0310 e. The molecule has 0 aliphatic heterocycles. The largest absolute Gasteiger partial charge is 0.0845 e. The molecule has 0 heterocycles. The average molecular weight is 109 g/mol. The molecule has 8 heavy (non-hydrogen) atoms. The maximum absolute atomic E-state index is 3.65. The third-order valence-electron chi connectivity index (χ3n) is 1.36. The van der Waals surface area contributed by atoms with Crippen molar-refractivity contribution in [2.45, 2.75) is 20.8 Å². The van der Waals surface area contributed by atoms with E-state index in [4.69, 9.17) is 0 Å². The molecule has 45 valence electrons. The second-order valence-corrected chi connectivity index (χ2v) is 1.86. The van der Waals surface area contributed by atoms with Gasteiger partial charge in [0.2, 0.25) is 0 Å². The van der Waals surface area contributed by atoms with Crippen molar-refractivity contribution in [1.82, 2.24) is 0 Å². The lowest BCUT2D eigenvalue weighted by Gasteiger charge is -1.95. The van der Waals surface area contributed by atoms with Gasteiger partial charge in [-0.2, -0.15) is 0 Å². The fraction of sp³-hybridized carbons (Fsp3) is 0.375. The quantitative estimate of drug-likeness (QED) is 0.454. The highest BCUT2D eigenvalue weighted by molar-refractivity contribution is 5.26. The lowest BCUT2D eigenvalue weighted by atomic mass is 10.1. The van der Waals surface area contributed by atoms with Crippen LogP contribution in [0, 0.1) is 6.92 Å². The predicted molar refractivity (Wildman–Crippen MR) is 38.5 cm³/mol. The van der Waals surface area contributed by atoms with E-state index in [0.29, 0.717) is 0 Å². The molecule has 0 unspecified atom stereocenters. The van der Waals surface area contributed by atoms with E-state index in [1.807, 2.05) is 13.0 Å². The van der Waals surface area contributed by atoms with Crippen molar-refractivity contribution in [2.75, 3.05) is 0 Å². The van der Waals surface area contributed by atoms with Crippen LogP contribution in [0.3, 0.4) is 0 Å². The van der Waals surface area contributed by atoms with Gasteiger partial charge in [-0.15, -0.1) is 0 Å². The van der Waals surface area contributed by atoms with Crippen LogP contribution in [0.15, 0.2) is 23.3 Å². The number of hydrogen-bond donors (Lipinski definition) is 0. The van der Waals surface area contributed by atoms with Gasteiger partial charge in [-0.1, -0.05) is 23.3 Å². The molecule has 0 rings (SSSR count). The van der Waals surface area contributed by atoms with Crippen molar-refractivity contribution in [3.8, 4) is 0 Å². The first-order chi connectivity index (χ1) is 3.72. The molecule has 0 nitrogen and oxygen atoms in total. The third kappa shape index (κ3) is 1.97. The van der Waals surface area contributed by atoms with Gasteiger partial charge in [0.1, 0.15) is 0 Å². The second-order valence-electron chi connectivity index (χ2n) is 1.86. The van der Waals surface area contributed by atoms with Crippen molar-refractivity contribution in [3.05, 3.63) is 30.2 Å². The normalized spacial score (nSPS) is 14.5. The fourth-order valence-corrected chi connectivity index (χ4v) is 0.389. The van der Waals surface area contributed by atoms with Crippen LogP contribution in [-0.4, -0.2) is 0 Å². The summed E-state index contributed by atoms with van der Waals surface area (Å²) < 4.78 is 0. The summed E-state index contributed by atoms with van der Waals surface area (Å²) >= 11 is 0. The fourth-order valence-electron chi connectivity index (χ4n) is 0.389. The molecular weight excluding hydrogens is 96.1 g/mol. The Morgan fingerprint density at radius 3 is 1.88 bits per heavy atom. The van der Waals surface area contributed by atoms with Crippen molar-refractivity contribution in [3.63, 3.8) is 0 Å². The zero-order valence-electron chi connectivity index (χ0n) is 5.86. The van der Waals surface area contributed by atoms with E-state index in [1.54, 1.807) is 0 Å². The van der Waals surface area contributed by atoms with E-state index < -0.39 is 0 Å². The minimum atomic E-state index is 1.26. The summed E-state index contributed by atoms with van der Waals surface area (Å²) in [5, 5.41) is 0. The Bertz CT molecular complexity index is 100. The molecule has 0 spiro atoms. The molecule has 0 N–H and O–H groups in total. The maximum atomic E-state index is 3.65. The highest BCUT2D eigenvalue weighted by Crippen LogP contribution is 2.05. The van der Waals surface area contributed by atoms with Crippen LogP contribution in [0.25, 0.3) is 0 Å². The first kappa shape index (κ1) is 7.48. The van der Waals surface area contributed by atoms with Gasteiger partial charge in [0.05, 0.1) is 0 Å². The predicted octanol–water partition coefficient (Wildman–Crippen LogP) is 2.73. The van der Waals surface area contributed by atoms with Crippen molar-refractivity contribution >= 4 is 0 Å². The molecule has 0 aliphatic rings. The van der Waals surface area contributed by atoms with Gasteiger partial charge in [0.15, 0.2) is 0 Å². The molecule has 0 saturated carbocycles. The Labute approximate surface area is 51.9 Å². The summed E-state index contributed by atoms with van der Waals surface area (Å²) in [5.74, 6) is 0. The lowest BCUT2D eigenvalue weighted by Crippen LogP contribution is -1.74. The van der Waals surface area contributed by atoms with Gasteiger partial charge in [-0.05, 0) is 27.7 Å². The highest BCUT2D eigenvalue weighted by Gasteiger charge is 1.84. The molecule has 0 aromatic carbocycles. The average Bonchev–Trinajstić information content (AvgIpc) is 1.84. The van der Waals surface area contributed by atoms with Crippen LogP contribution in [0.2, 0.25) is 0 Å². The van der Waals surface area contributed by atoms with E-state index in [-0.39, 0.29) is 0 Å². The summed E-state index contributed by atoms with van der Waals surface area (Å²) in [7, 11) is 0. The Morgan fingerprint density at radius 2 is 1.75 bits per heavy atom. The topological polar surface area (TPSA) is 0 Å². The van der Waals surface area contributed by atoms with E-state index >= 15 is 0 Å². The Morgan fingerprint density at radius 1 is 1.25 bits per heavy atom. The van der Waals surface area contributed by atoms with E-state index in [2.05, 4.69) is 26.8 Å².